The zero-order valence-corrected chi connectivity index (χ0v) is 16.8. The summed E-state index contributed by atoms with van der Waals surface area (Å²) in [7, 11) is 0. The van der Waals surface area contributed by atoms with Crippen molar-refractivity contribution in [2.24, 2.45) is 0 Å². The van der Waals surface area contributed by atoms with Crippen molar-refractivity contribution < 1.29 is 4.79 Å². The van der Waals surface area contributed by atoms with Crippen LogP contribution in [0.3, 0.4) is 0 Å². The number of carbonyl (C=O) groups is 1. The fraction of sp³-hybridized carbons (Fsp3) is 0.550. The van der Waals surface area contributed by atoms with E-state index in [9.17, 15) is 9.59 Å². The van der Waals surface area contributed by atoms with Crippen LogP contribution in [0.15, 0.2) is 23.0 Å². The van der Waals surface area contributed by atoms with Gasteiger partial charge in [0.05, 0.1) is 4.88 Å². The van der Waals surface area contributed by atoms with Gasteiger partial charge in [-0.15, -0.1) is 11.3 Å². The van der Waals surface area contributed by atoms with Crippen LogP contribution in [0, 0.1) is 6.92 Å². The molecule has 0 radical (unpaired) electrons. The minimum atomic E-state index is -0.703. The highest BCUT2D eigenvalue weighted by atomic mass is 32.1. The molecule has 0 unspecified atom stereocenters. The van der Waals surface area contributed by atoms with Gasteiger partial charge in [0.1, 0.15) is 17.4 Å². The van der Waals surface area contributed by atoms with Crippen LogP contribution >= 0.6 is 11.3 Å². The zero-order valence-electron chi connectivity index (χ0n) is 16.0. The van der Waals surface area contributed by atoms with Crippen molar-refractivity contribution >= 4 is 22.9 Å². The monoisotopic (exact) mass is 388 g/mol. The first-order valence-corrected chi connectivity index (χ1v) is 10.5. The number of aryl methyl sites for hydroxylation is 1. The third kappa shape index (κ3) is 4.77. The number of nitrogens with one attached hydrogen (secondary N) is 1. The summed E-state index contributed by atoms with van der Waals surface area (Å²) in [5.74, 6) is -0.172. The van der Waals surface area contributed by atoms with Crippen molar-refractivity contribution in [2.45, 2.75) is 70.9 Å². The number of nitrogens with zero attached hydrogens (tertiary/aromatic N) is 2. The molecular formula is C20H28N4O2S. The molecule has 1 aliphatic rings. The number of thiophene rings is 1. The van der Waals surface area contributed by atoms with Crippen LogP contribution in [-0.2, 0) is 4.79 Å². The predicted molar refractivity (Wildman–Crippen MR) is 110 cm³/mol. The number of anilines is 1. The summed E-state index contributed by atoms with van der Waals surface area (Å²) in [6, 6.07) is 5.01. The molecular weight excluding hydrogens is 360 g/mol. The van der Waals surface area contributed by atoms with E-state index < -0.39 is 11.6 Å². The highest BCUT2D eigenvalue weighted by Crippen LogP contribution is 2.26. The van der Waals surface area contributed by atoms with E-state index in [4.69, 9.17) is 5.73 Å². The van der Waals surface area contributed by atoms with Gasteiger partial charge in [0.2, 0.25) is 5.91 Å². The normalized spacial score (nSPS) is 17.1. The molecule has 1 fully saturated rings. The van der Waals surface area contributed by atoms with Crippen LogP contribution in [0.2, 0.25) is 0 Å². The Morgan fingerprint density at radius 2 is 1.93 bits per heavy atom. The number of nitrogen functional groups attached to an aromatic ring is 1. The number of rotatable bonds is 4. The fourth-order valence-corrected chi connectivity index (χ4v) is 4.34. The van der Waals surface area contributed by atoms with Crippen LogP contribution in [-0.4, -0.2) is 21.7 Å². The number of aromatic nitrogens is 2. The molecule has 1 atom stereocenters. The van der Waals surface area contributed by atoms with E-state index >= 15 is 0 Å². The maximum Gasteiger partial charge on any atom is 0.290 e. The molecule has 2 aromatic rings. The maximum atomic E-state index is 12.8. The first-order valence-electron chi connectivity index (χ1n) is 9.72. The van der Waals surface area contributed by atoms with Crippen LogP contribution in [0.4, 0.5) is 5.69 Å². The molecule has 0 aliphatic heterocycles. The molecule has 0 bridgehead atoms. The summed E-state index contributed by atoms with van der Waals surface area (Å²) < 4.78 is 1.22. The van der Waals surface area contributed by atoms with Gasteiger partial charge in [0, 0.05) is 10.9 Å². The fourth-order valence-electron chi connectivity index (χ4n) is 3.52. The van der Waals surface area contributed by atoms with Crippen LogP contribution in [0.5, 0.6) is 0 Å². The Morgan fingerprint density at radius 3 is 2.56 bits per heavy atom. The average molecular weight is 389 g/mol. The standard InChI is InChI=1S/C20H28N4O2S/c1-13-10-11-18(27-13)17-12-16(21)20(26)24(23-17)14(2)19(25)22-15-8-6-4-3-5-7-9-15/h10-12,14-15H,3-9,21H2,1-2H3,(H,22,25)/t14-/m0/s1. The Hall–Kier alpha value is -2.15. The summed E-state index contributed by atoms with van der Waals surface area (Å²) in [4.78, 5) is 27.4. The predicted octanol–water partition coefficient (Wildman–Crippen LogP) is 3.65. The Bertz CT molecular complexity index is 850. The second-order valence-electron chi connectivity index (χ2n) is 7.37. The molecule has 1 amide bonds. The lowest BCUT2D eigenvalue weighted by Gasteiger charge is -2.23. The van der Waals surface area contributed by atoms with Gasteiger partial charge in [-0.25, -0.2) is 4.68 Å². The van der Waals surface area contributed by atoms with Gasteiger partial charge >= 0.3 is 0 Å². The van der Waals surface area contributed by atoms with Crippen LogP contribution in [0.25, 0.3) is 10.6 Å². The number of hydrogen-bond acceptors (Lipinski definition) is 5. The van der Waals surface area contributed by atoms with Crippen molar-refractivity contribution in [3.05, 3.63) is 33.4 Å². The smallest absolute Gasteiger partial charge is 0.290 e. The quantitative estimate of drug-likeness (QED) is 0.836. The van der Waals surface area contributed by atoms with Gasteiger partial charge in [-0.05, 0) is 44.9 Å². The minimum Gasteiger partial charge on any atom is -0.394 e. The van der Waals surface area contributed by atoms with E-state index in [2.05, 4.69) is 10.4 Å². The summed E-state index contributed by atoms with van der Waals surface area (Å²) in [6.07, 6.45) is 8.00. The molecule has 146 valence electrons. The van der Waals surface area contributed by atoms with Crippen molar-refractivity contribution in [3.63, 3.8) is 0 Å². The van der Waals surface area contributed by atoms with Gasteiger partial charge in [-0.3, -0.25) is 9.59 Å². The van der Waals surface area contributed by atoms with Crippen molar-refractivity contribution in [1.29, 1.82) is 0 Å². The van der Waals surface area contributed by atoms with Gasteiger partial charge in [0.25, 0.3) is 5.56 Å². The van der Waals surface area contributed by atoms with Gasteiger partial charge in [0.15, 0.2) is 0 Å². The molecule has 1 saturated carbocycles. The third-order valence-corrected chi connectivity index (χ3v) is 6.18. The lowest BCUT2D eigenvalue weighted by atomic mass is 9.96. The summed E-state index contributed by atoms with van der Waals surface area (Å²) in [6.45, 7) is 3.72. The lowest BCUT2D eigenvalue weighted by Crippen LogP contribution is -2.42. The highest BCUT2D eigenvalue weighted by molar-refractivity contribution is 7.15. The maximum absolute atomic E-state index is 12.8. The van der Waals surface area contributed by atoms with E-state index in [0.717, 1.165) is 35.4 Å². The third-order valence-electron chi connectivity index (χ3n) is 5.15. The molecule has 1 aliphatic carbocycles. The van der Waals surface area contributed by atoms with Crippen molar-refractivity contribution in [1.82, 2.24) is 15.1 Å². The van der Waals surface area contributed by atoms with Crippen molar-refractivity contribution in [2.75, 3.05) is 5.73 Å². The molecule has 3 rings (SSSR count). The SMILES string of the molecule is Cc1ccc(-c2cc(N)c(=O)n([C@@H](C)C(=O)NC3CCCCCCC3)n2)s1. The largest absolute Gasteiger partial charge is 0.394 e. The molecule has 0 saturated heterocycles. The van der Waals surface area contributed by atoms with Gasteiger partial charge < -0.3 is 11.1 Å². The molecule has 6 nitrogen and oxygen atoms in total. The highest BCUT2D eigenvalue weighted by Gasteiger charge is 2.23. The molecule has 2 heterocycles. The van der Waals surface area contributed by atoms with E-state index in [1.807, 2.05) is 19.1 Å². The Balaban J connectivity index is 1.80. The summed E-state index contributed by atoms with van der Waals surface area (Å²) in [5, 5.41) is 7.56. The van der Waals surface area contributed by atoms with Crippen LogP contribution in [0.1, 0.15) is 62.8 Å². The average Bonchev–Trinajstić information content (AvgIpc) is 3.05. The Labute approximate surface area is 163 Å². The summed E-state index contributed by atoms with van der Waals surface area (Å²) in [5.41, 5.74) is 6.23. The Kier molecular flexibility index (Phi) is 6.31. The number of amides is 1. The number of nitrogens with two attached hydrogens (primary N) is 1. The van der Waals surface area contributed by atoms with Crippen LogP contribution < -0.4 is 16.6 Å². The number of hydrogen-bond donors (Lipinski definition) is 2. The molecule has 27 heavy (non-hydrogen) atoms. The van der Waals surface area contributed by atoms with E-state index in [0.29, 0.717) is 5.69 Å². The number of carbonyl (C=O) groups excluding carboxylic acids is 1. The first kappa shape index (κ1) is 19.6. The van der Waals surface area contributed by atoms with E-state index in [-0.39, 0.29) is 17.6 Å². The Morgan fingerprint density at radius 1 is 1.26 bits per heavy atom. The van der Waals surface area contributed by atoms with E-state index in [1.54, 1.807) is 24.3 Å². The second-order valence-corrected chi connectivity index (χ2v) is 8.66. The molecule has 0 aromatic carbocycles. The summed E-state index contributed by atoms with van der Waals surface area (Å²) >= 11 is 1.58. The minimum absolute atomic E-state index is 0.108. The first-order chi connectivity index (χ1) is 13.0. The second kappa shape index (κ2) is 8.69. The molecule has 3 N–H and O–H groups in total. The molecule has 2 aromatic heterocycles. The lowest BCUT2D eigenvalue weighted by molar-refractivity contribution is -0.125. The topological polar surface area (TPSA) is 90.0 Å². The van der Waals surface area contributed by atoms with Gasteiger partial charge in [-0.1, -0.05) is 32.1 Å². The zero-order chi connectivity index (χ0) is 19.4. The van der Waals surface area contributed by atoms with E-state index in [1.165, 1.54) is 23.9 Å². The molecule has 0 spiro atoms. The van der Waals surface area contributed by atoms with Crippen molar-refractivity contribution in [3.8, 4) is 10.6 Å². The molecule has 7 heteroatoms. The van der Waals surface area contributed by atoms with Gasteiger partial charge in [-0.2, -0.15) is 5.10 Å².